The van der Waals surface area contributed by atoms with Crippen molar-refractivity contribution >= 4 is 5.78 Å². The van der Waals surface area contributed by atoms with Crippen LogP contribution in [0.2, 0.25) is 0 Å². The molecule has 2 atom stereocenters. The van der Waals surface area contributed by atoms with Crippen LogP contribution in [0.3, 0.4) is 0 Å². The third kappa shape index (κ3) is 1.02. The normalized spacial score (nSPS) is 35.7. The molecule has 0 aromatic heterocycles. The zero-order chi connectivity index (χ0) is 8.72. The van der Waals surface area contributed by atoms with Crippen LogP contribution in [0, 0.1) is 5.92 Å². The monoisotopic (exact) mass is 166 g/mol. The van der Waals surface area contributed by atoms with Crippen molar-refractivity contribution in [1.29, 1.82) is 0 Å². The van der Waals surface area contributed by atoms with E-state index in [0.29, 0.717) is 12.3 Å². The van der Waals surface area contributed by atoms with Gasteiger partial charge in [-0.1, -0.05) is 12.5 Å². The molecule has 0 aromatic rings. The Labute approximate surface area is 72.3 Å². The predicted molar refractivity (Wildman–Crippen MR) is 45.7 cm³/mol. The number of Topliss-reactive ketones (excluding diaryl/α,β-unsaturated/α-hetero) is 1. The molecule has 2 rings (SSSR count). The van der Waals surface area contributed by atoms with Gasteiger partial charge < -0.3 is 5.11 Å². The van der Waals surface area contributed by atoms with Gasteiger partial charge in [0.1, 0.15) is 0 Å². The summed E-state index contributed by atoms with van der Waals surface area (Å²) in [6.07, 6.45) is 3.02. The molecule has 0 fully saturated rings. The zero-order valence-electron chi connectivity index (χ0n) is 7.34. The Bertz CT molecular complexity index is 253. The van der Waals surface area contributed by atoms with Crippen LogP contribution in [0.5, 0.6) is 0 Å². The lowest BCUT2D eigenvalue weighted by molar-refractivity contribution is -0.116. The average Bonchev–Trinajstić information content (AvgIpc) is 2.29. The molecule has 0 saturated heterocycles. The van der Waals surface area contributed by atoms with Crippen LogP contribution in [-0.4, -0.2) is 17.0 Å². The fourth-order valence-corrected chi connectivity index (χ4v) is 2.37. The molecule has 2 heteroatoms. The summed E-state index contributed by atoms with van der Waals surface area (Å²) in [5.41, 5.74) is 1.99. The summed E-state index contributed by atoms with van der Waals surface area (Å²) in [6, 6.07) is 0. The maximum absolute atomic E-state index is 11.4. The van der Waals surface area contributed by atoms with Gasteiger partial charge >= 0.3 is 0 Å². The lowest BCUT2D eigenvalue weighted by Crippen LogP contribution is -2.19. The first-order valence-electron chi connectivity index (χ1n) is 4.64. The number of carbonyl (C=O) groups is 1. The van der Waals surface area contributed by atoms with Crippen molar-refractivity contribution in [2.24, 2.45) is 5.92 Å². The van der Waals surface area contributed by atoms with Gasteiger partial charge in [0.25, 0.3) is 0 Å². The van der Waals surface area contributed by atoms with Crippen LogP contribution in [0.4, 0.5) is 0 Å². The van der Waals surface area contributed by atoms with E-state index in [0.717, 1.165) is 24.8 Å². The van der Waals surface area contributed by atoms with Crippen LogP contribution in [0.25, 0.3) is 0 Å². The summed E-state index contributed by atoms with van der Waals surface area (Å²) in [4.78, 5) is 11.4. The topological polar surface area (TPSA) is 37.3 Å². The summed E-state index contributed by atoms with van der Waals surface area (Å²) < 4.78 is 0. The molecular weight excluding hydrogens is 152 g/mol. The SMILES string of the molecule is CC1CC(=O)C2=C1CCCC2O. The van der Waals surface area contributed by atoms with Crippen LogP contribution < -0.4 is 0 Å². The molecule has 2 unspecified atom stereocenters. The summed E-state index contributed by atoms with van der Waals surface area (Å²) in [6.45, 7) is 2.08. The van der Waals surface area contributed by atoms with Gasteiger partial charge in [0.05, 0.1) is 6.10 Å². The first-order chi connectivity index (χ1) is 5.70. The van der Waals surface area contributed by atoms with E-state index in [1.807, 2.05) is 0 Å². The number of aliphatic hydroxyl groups is 1. The van der Waals surface area contributed by atoms with Crippen LogP contribution >= 0.6 is 0 Å². The second-order valence-corrected chi connectivity index (χ2v) is 3.88. The smallest absolute Gasteiger partial charge is 0.162 e. The number of allylic oxidation sites excluding steroid dienone is 1. The van der Waals surface area contributed by atoms with E-state index in [1.54, 1.807) is 0 Å². The van der Waals surface area contributed by atoms with E-state index in [-0.39, 0.29) is 5.78 Å². The van der Waals surface area contributed by atoms with Gasteiger partial charge in [-0.2, -0.15) is 0 Å². The molecule has 1 N–H and O–H groups in total. The lowest BCUT2D eigenvalue weighted by Gasteiger charge is -2.20. The first-order valence-corrected chi connectivity index (χ1v) is 4.64. The van der Waals surface area contributed by atoms with Gasteiger partial charge in [-0.3, -0.25) is 4.79 Å². The van der Waals surface area contributed by atoms with Gasteiger partial charge in [-0.25, -0.2) is 0 Å². The van der Waals surface area contributed by atoms with Gasteiger partial charge in [0, 0.05) is 12.0 Å². The highest BCUT2D eigenvalue weighted by atomic mass is 16.3. The minimum Gasteiger partial charge on any atom is -0.388 e. The van der Waals surface area contributed by atoms with Gasteiger partial charge in [-0.05, 0) is 25.2 Å². The number of rotatable bonds is 0. The Morgan fingerprint density at radius 2 is 2.25 bits per heavy atom. The average molecular weight is 166 g/mol. The van der Waals surface area contributed by atoms with Crippen molar-refractivity contribution in [1.82, 2.24) is 0 Å². The molecule has 0 saturated carbocycles. The van der Waals surface area contributed by atoms with Gasteiger partial charge in [0.15, 0.2) is 5.78 Å². The largest absolute Gasteiger partial charge is 0.388 e. The van der Waals surface area contributed by atoms with Crippen molar-refractivity contribution in [3.63, 3.8) is 0 Å². The summed E-state index contributed by atoms with van der Waals surface area (Å²) in [7, 11) is 0. The summed E-state index contributed by atoms with van der Waals surface area (Å²) >= 11 is 0. The number of carbonyl (C=O) groups excluding carboxylic acids is 1. The fraction of sp³-hybridized carbons (Fsp3) is 0.700. The highest BCUT2D eigenvalue weighted by Gasteiger charge is 2.35. The molecule has 0 amide bonds. The van der Waals surface area contributed by atoms with Crippen molar-refractivity contribution < 1.29 is 9.90 Å². The van der Waals surface area contributed by atoms with Crippen LogP contribution in [-0.2, 0) is 4.79 Å². The van der Waals surface area contributed by atoms with Crippen molar-refractivity contribution in [3.05, 3.63) is 11.1 Å². The number of ketones is 1. The molecule has 0 radical (unpaired) electrons. The molecule has 2 aliphatic rings. The Morgan fingerprint density at radius 1 is 1.50 bits per heavy atom. The minimum atomic E-state index is -0.453. The molecule has 0 bridgehead atoms. The molecule has 0 spiro atoms. The number of aliphatic hydroxyl groups excluding tert-OH is 1. The van der Waals surface area contributed by atoms with Crippen molar-refractivity contribution in [2.75, 3.05) is 0 Å². The summed E-state index contributed by atoms with van der Waals surface area (Å²) in [5.74, 6) is 0.576. The van der Waals surface area contributed by atoms with Crippen molar-refractivity contribution in [3.8, 4) is 0 Å². The number of hydrogen-bond donors (Lipinski definition) is 1. The maximum atomic E-state index is 11.4. The number of hydrogen-bond acceptors (Lipinski definition) is 2. The third-order valence-electron chi connectivity index (χ3n) is 2.99. The standard InChI is InChI=1S/C10H14O2/c1-6-5-9(12)10-7(6)3-2-4-8(10)11/h6,8,11H,2-5H2,1H3. The van der Waals surface area contributed by atoms with Gasteiger partial charge in [0.2, 0.25) is 0 Å². The molecule has 0 aliphatic heterocycles. The molecule has 2 nitrogen and oxygen atoms in total. The zero-order valence-corrected chi connectivity index (χ0v) is 7.34. The second-order valence-electron chi connectivity index (χ2n) is 3.88. The molecule has 12 heavy (non-hydrogen) atoms. The van der Waals surface area contributed by atoms with Crippen molar-refractivity contribution in [2.45, 2.75) is 38.7 Å². The second kappa shape index (κ2) is 2.70. The molecule has 0 aromatic carbocycles. The van der Waals surface area contributed by atoms with E-state index < -0.39 is 6.10 Å². The third-order valence-corrected chi connectivity index (χ3v) is 2.99. The van der Waals surface area contributed by atoms with E-state index >= 15 is 0 Å². The maximum Gasteiger partial charge on any atom is 0.162 e. The molecule has 2 aliphatic carbocycles. The van der Waals surface area contributed by atoms with E-state index in [2.05, 4.69) is 6.92 Å². The van der Waals surface area contributed by atoms with E-state index in [9.17, 15) is 9.90 Å². The summed E-state index contributed by atoms with van der Waals surface area (Å²) in [5, 5.41) is 9.59. The van der Waals surface area contributed by atoms with E-state index in [1.165, 1.54) is 5.57 Å². The molecular formula is C10H14O2. The molecule has 0 heterocycles. The fourth-order valence-electron chi connectivity index (χ4n) is 2.37. The predicted octanol–water partition coefficient (Wildman–Crippen LogP) is 1.44. The van der Waals surface area contributed by atoms with Crippen LogP contribution in [0.15, 0.2) is 11.1 Å². The Balaban J connectivity index is 2.38. The lowest BCUT2D eigenvalue weighted by atomic mass is 9.88. The Morgan fingerprint density at radius 3 is 2.92 bits per heavy atom. The minimum absolute atomic E-state index is 0.185. The Kier molecular flexibility index (Phi) is 1.80. The first kappa shape index (κ1) is 7.99. The Hall–Kier alpha value is -0.630. The van der Waals surface area contributed by atoms with Gasteiger partial charge in [-0.15, -0.1) is 0 Å². The molecule has 66 valence electrons. The quantitative estimate of drug-likeness (QED) is 0.591. The highest BCUT2D eigenvalue weighted by molar-refractivity contribution is 6.00. The highest BCUT2D eigenvalue weighted by Crippen LogP contribution is 2.38. The van der Waals surface area contributed by atoms with Crippen LogP contribution in [0.1, 0.15) is 32.6 Å². The van der Waals surface area contributed by atoms with E-state index in [4.69, 9.17) is 0 Å².